The molecule has 0 amide bonds. The summed E-state index contributed by atoms with van der Waals surface area (Å²) in [5.74, 6) is 1.19. The Morgan fingerprint density at radius 2 is 2.35 bits per heavy atom. The second-order valence-electron chi connectivity index (χ2n) is 5.07. The molecule has 1 aromatic rings. The molecule has 1 fully saturated rings. The summed E-state index contributed by atoms with van der Waals surface area (Å²) >= 11 is 0. The summed E-state index contributed by atoms with van der Waals surface area (Å²) in [7, 11) is 0. The van der Waals surface area contributed by atoms with E-state index in [1.807, 2.05) is 11.5 Å². The van der Waals surface area contributed by atoms with E-state index in [2.05, 4.69) is 11.9 Å². The summed E-state index contributed by atoms with van der Waals surface area (Å²) in [6.07, 6.45) is 1.73. The van der Waals surface area contributed by atoms with Crippen LogP contribution in [0.5, 0.6) is 0 Å². The smallest absolute Gasteiger partial charge is 0.360 e. The minimum Gasteiger partial charge on any atom is -0.461 e. The molecule has 20 heavy (non-hydrogen) atoms. The molecule has 2 atom stereocenters. The average Bonchev–Trinajstić information content (AvgIpc) is 3.05. The zero-order chi connectivity index (χ0) is 14.7. The van der Waals surface area contributed by atoms with Crippen LogP contribution in [0.4, 0.5) is 5.82 Å². The first-order valence-corrected chi connectivity index (χ1v) is 7.21. The number of aromatic nitrogens is 2. The molecule has 0 aromatic carbocycles. The minimum atomic E-state index is -0.451. The van der Waals surface area contributed by atoms with Crippen LogP contribution >= 0.6 is 0 Å². The topological polar surface area (TPSA) is 79.4 Å². The van der Waals surface area contributed by atoms with E-state index < -0.39 is 5.97 Å². The fourth-order valence-electron chi connectivity index (χ4n) is 2.69. The molecule has 1 saturated heterocycles. The van der Waals surface area contributed by atoms with Crippen molar-refractivity contribution in [1.29, 1.82) is 0 Å². The molecule has 2 rings (SSSR count). The summed E-state index contributed by atoms with van der Waals surface area (Å²) in [5, 5.41) is 0. The van der Waals surface area contributed by atoms with Crippen molar-refractivity contribution in [2.24, 2.45) is 5.92 Å². The van der Waals surface area contributed by atoms with E-state index in [1.54, 1.807) is 6.92 Å². The highest BCUT2D eigenvalue weighted by atomic mass is 16.5. The summed E-state index contributed by atoms with van der Waals surface area (Å²) in [4.78, 5) is 16.2. The Bertz CT molecular complexity index is 478. The molecule has 2 heterocycles. The molecule has 0 radical (unpaired) electrons. The minimum absolute atomic E-state index is 0.170. The molecule has 112 valence electrons. The average molecular weight is 281 g/mol. The monoisotopic (exact) mass is 281 g/mol. The molecule has 0 saturated carbocycles. The van der Waals surface area contributed by atoms with E-state index in [0.29, 0.717) is 18.3 Å². The Morgan fingerprint density at radius 3 is 2.90 bits per heavy atom. The number of hydrogen-bond donors (Lipinski definition) is 1. The van der Waals surface area contributed by atoms with Crippen LogP contribution in [0.15, 0.2) is 0 Å². The third-order valence-corrected chi connectivity index (χ3v) is 3.86. The Balaban J connectivity index is 2.33. The third kappa shape index (κ3) is 2.65. The zero-order valence-corrected chi connectivity index (χ0v) is 12.4. The first kappa shape index (κ1) is 14.8. The van der Waals surface area contributed by atoms with Gasteiger partial charge in [0.1, 0.15) is 11.6 Å². The van der Waals surface area contributed by atoms with Crippen LogP contribution in [0.1, 0.15) is 49.5 Å². The number of aryl methyl sites for hydroxylation is 1. The predicted octanol–water partition coefficient (Wildman–Crippen LogP) is 1.80. The van der Waals surface area contributed by atoms with Crippen molar-refractivity contribution >= 4 is 11.8 Å². The van der Waals surface area contributed by atoms with Gasteiger partial charge < -0.3 is 19.8 Å². The van der Waals surface area contributed by atoms with E-state index in [0.717, 1.165) is 31.9 Å². The maximum atomic E-state index is 11.9. The molecular formula is C14H23N3O3. The lowest BCUT2D eigenvalue weighted by Gasteiger charge is -2.22. The van der Waals surface area contributed by atoms with Crippen molar-refractivity contribution < 1.29 is 14.3 Å². The highest BCUT2D eigenvalue weighted by Gasteiger charge is 2.29. The van der Waals surface area contributed by atoms with Gasteiger partial charge in [0, 0.05) is 25.0 Å². The molecule has 6 nitrogen and oxygen atoms in total. The molecule has 2 N–H and O–H groups in total. The Labute approximate surface area is 119 Å². The van der Waals surface area contributed by atoms with Gasteiger partial charge in [-0.3, -0.25) is 0 Å². The number of hydrogen-bond acceptors (Lipinski definition) is 5. The molecule has 1 aliphatic heterocycles. The number of carbonyl (C=O) groups excluding carboxylic acids is 1. The van der Waals surface area contributed by atoms with Gasteiger partial charge in [-0.1, -0.05) is 6.92 Å². The first-order chi connectivity index (χ1) is 9.60. The van der Waals surface area contributed by atoms with Gasteiger partial charge in [-0.05, 0) is 20.3 Å². The van der Waals surface area contributed by atoms with Gasteiger partial charge in [-0.25, -0.2) is 9.78 Å². The lowest BCUT2D eigenvalue weighted by atomic mass is 10.0. The van der Waals surface area contributed by atoms with E-state index in [4.69, 9.17) is 15.2 Å². The van der Waals surface area contributed by atoms with Gasteiger partial charge >= 0.3 is 5.97 Å². The maximum Gasteiger partial charge on any atom is 0.360 e. The Morgan fingerprint density at radius 1 is 1.60 bits per heavy atom. The predicted molar refractivity (Wildman–Crippen MR) is 75.6 cm³/mol. The second-order valence-corrected chi connectivity index (χ2v) is 5.07. The van der Waals surface area contributed by atoms with Gasteiger partial charge in [0.2, 0.25) is 0 Å². The molecule has 2 unspecified atom stereocenters. The van der Waals surface area contributed by atoms with Crippen molar-refractivity contribution in [2.75, 3.05) is 25.6 Å². The number of ether oxygens (including phenoxy) is 2. The number of imidazole rings is 1. The number of esters is 1. The molecule has 0 aliphatic carbocycles. The number of nitrogens with zero attached hydrogens (tertiary/aromatic N) is 2. The third-order valence-electron chi connectivity index (χ3n) is 3.86. The van der Waals surface area contributed by atoms with Crippen LogP contribution in [0, 0.1) is 5.92 Å². The number of anilines is 1. The van der Waals surface area contributed by atoms with Crippen LogP contribution in [0.3, 0.4) is 0 Å². The van der Waals surface area contributed by atoms with E-state index in [-0.39, 0.29) is 11.7 Å². The van der Waals surface area contributed by atoms with Gasteiger partial charge in [0.05, 0.1) is 13.2 Å². The maximum absolute atomic E-state index is 11.9. The summed E-state index contributed by atoms with van der Waals surface area (Å²) < 4.78 is 12.4. The van der Waals surface area contributed by atoms with Crippen LogP contribution in [-0.4, -0.2) is 35.3 Å². The van der Waals surface area contributed by atoms with Crippen molar-refractivity contribution in [2.45, 2.75) is 39.7 Å². The van der Waals surface area contributed by atoms with Crippen LogP contribution < -0.4 is 5.73 Å². The second kappa shape index (κ2) is 6.26. The Hall–Kier alpha value is -1.56. The highest BCUT2D eigenvalue weighted by Crippen LogP contribution is 2.31. The van der Waals surface area contributed by atoms with E-state index in [1.165, 1.54) is 0 Å². The number of rotatable bonds is 5. The normalized spacial score (nSPS) is 20.1. The number of nitrogens with two attached hydrogens (primary N) is 1. The fraction of sp³-hybridized carbons (Fsp3) is 0.714. The largest absolute Gasteiger partial charge is 0.461 e. The SMILES string of the molecule is CCOC(=O)c1nc(CC)n(C(C)C2CCOC2)c1N. The molecule has 1 aliphatic rings. The van der Waals surface area contributed by atoms with Crippen molar-refractivity contribution in [3.05, 3.63) is 11.5 Å². The molecule has 0 bridgehead atoms. The fourth-order valence-corrected chi connectivity index (χ4v) is 2.69. The van der Waals surface area contributed by atoms with Crippen LogP contribution in [-0.2, 0) is 15.9 Å². The van der Waals surface area contributed by atoms with E-state index in [9.17, 15) is 4.79 Å². The number of nitrogen functional groups attached to an aromatic ring is 1. The molecule has 6 heteroatoms. The van der Waals surface area contributed by atoms with Crippen molar-refractivity contribution in [1.82, 2.24) is 9.55 Å². The van der Waals surface area contributed by atoms with Crippen molar-refractivity contribution in [3.63, 3.8) is 0 Å². The summed E-state index contributed by atoms with van der Waals surface area (Å²) in [6.45, 7) is 7.71. The number of carbonyl (C=O) groups is 1. The van der Waals surface area contributed by atoms with Gasteiger partial charge in [0.15, 0.2) is 5.69 Å². The lowest BCUT2D eigenvalue weighted by Crippen LogP contribution is -2.20. The summed E-state index contributed by atoms with van der Waals surface area (Å²) in [6, 6.07) is 0.170. The first-order valence-electron chi connectivity index (χ1n) is 7.21. The van der Waals surface area contributed by atoms with Crippen LogP contribution in [0.2, 0.25) is 0 Å². The molecule has 0 spiro atoms. The van der Waals surface area contributed by atoms with Crippen LogP contribution in [0.25, 0.3) is 0 Å². The van der Waals surface area contributed by atoms with Gasteiger partial charge in [-0.15, -0.1) is 0 Å². The van der Waals surface area contributed by atoms with Crippen molar-refractivity contribution in [3.8, 4) is 0 Å². The lowest BCUT2D eigenvalue weighted by molar-refractivity contribution is 0.0521. The highest BCUT2D eigenvalue weighted by molar-refractivity contribution is 5.92. The Kier molecular flexibility index (Phi) is 4.65. The standard InChI is InChI=1S/C14H23N3O3/c1-4-11-16-12(14(18)20-5-2)13(15)17(11)9(3)10-6-7-19-8-10/h9-10H,4-8,15H2,1-3H3. The molecule has 1 aromatic heterocycles. The zero-order valence-electron chi connectivity index (χ0n) is 12.4. The van der Waals surface area contributed by atoms with Gasteiger partial charge in [-0.2, -0.15) is 0 Å². The summed E-state index contributed by atoms with van der Waals surface area (Å²) in [5.41, 5.74) is 6.37. The molecular weight excluding hydrogens is 258 g/mol. The quantitative estimate of drug-likeness (QED) is 0.832. The van der Waals surface area contributed by atoms with Gasteiger partial charge in [0.25, 0.3) is 0 Å². The van der Waals surface area contributed by atoms with E-state index >= 15 is 0 Å².